The number of allylic oxidation sites excluding steroid dienone is 1. The fraction of sp³-hybridized carbons (Fsp3) is 0.105. The van der Waals surface area contributed by atoms with Crippen LogP contribution in [0, 0.1) is 0 Å². The lowest BCUT2D eigenvalue weighted by atomic mass is 10.1. The van der Waals surface area contributed by atoms with Crippen LogP contribution in [-0.2, 0) is 6.18 Å². The lowest BCUT2D eigenvalue weighted by molar-refractivity contribution is -0.136. The Morgan fingerprint density at radius 3 is 2.69 bits per heavy atom. The molecular formula is C19H14F3N3S. The number of benzene rings is 2. The SMILES string of the molecule is FC(F)(F)c1ccccc1NC1N=C/C(=C/c2c[nH]c3ccccc23)S1. The number of aromatic amines is 1. The first-order valence-electron chi connectivity index (χ1n) is 7.91. The molecule has 0 saturated carbocycles. The van der Waals surface area contributed by atoms with Gasteiger partial charge in [0.15, 0.2) is 5.50 Å². The van der Waals surface area contributed by atoms with Gasteiger partial charge in [-0.05, 0) is 24.3 Å². The quantitative estimate of drug-likeness (QED) is 0.614. The van der Waals surface area contributed by atoms with Crippen molar-refractivity contribution in [2.45, 2.75) is 11.7 Å². The Bertz CT molecular complexity index is 1000. The largest absolute Gasteiger partial charge is 0.418 e. The van der Waals surface area contributed by atoms with E-state index in [-0.39, 0.29) is 5.69 Å². The third-order valence-corrected chi connectivity index (χ3v) is 4.97. The minimum atomic E-state index is -4.40. The summed E-state index contributed by atoms with van der Waals surface area (Å²) in [5.74, 6) is 0. The number of aromatic nitrogens is 1. The van der Waals surface area contributed by atoms with Gasteiger partial charge >= 0.3 is 6.18 Å². The summed E-state index contributed by atoms with van der Waals surface area (Å²) in [6.07, 6.45) is 1.16. The van der Waals surface area contributed by atoms with Gasteiger partial charge in [0.1, 0.15) is 0 Å². The highest BCUT2D eigenvalue weighted by molar-refractivity contribution is 8.05. The van der Waals surface area contributed by atoms with Gasteiger partial charge in [-0.25, -0.2) is 0 Å². The molecule has 0 bridgehead atoms. The van der Waals surface area contributed by atoms with Crippen molar-refractivity contribution in [2.75, 3.05) is 5.32 Å². The number of H-pyrrole nitrogens is 1. The molecule has 4 rings (SSSR count). The van der Waals surface area contributed by atoms with Crippen molar-refractivity contribution in [3.05, 3.63) is 70.8 Å². The number of para-hydroxylation sites is 2. The topological polar surface area (TPSA) is 40.2 Å². The molecule has 2 aromatic carbocycles. The summed E-state index contributed by atoms with van der Waals surface area (Å²) < 4.78 is 39.3. The third kappa shape index (κ3) is 3.35. The molecule has 7 heteroatoms. The number of halogens is 3. The molecule has 1 atom stereocenters. The molecular weight excluding hydrogens is 359 g/mol. The molecule has 0 aliphatic carbocycles. The lowest BCUT2D eigenvalue weighted by Crippen LogP contribution is -2.15. The second-order valence-corrected chi connectivity index (χ2v) is 6.93. The molecule has 1 aliphatic heterocycles. The van der Waals surface area contributed by atoms with Gasteiger partial charge in [-0.15, -0.1) is 0 Å². The molecule has 0 spiro atoms. The minimum absolute atomic E-state index is 0.0306. The molecule has 2 N–H and O–H groups in total. The van der Waals surface area contributed by atoms with Crippen LogP contribution in [0.25, 0.3) is 17.0 Å². The maximum atomic E-state index is 13.1. The summed E-state index contributed by atoms with van der Waals surface area (Å²) in [5.41, 5.74) is 0.904. The molecule has 0 radical (unpaired) electrons. The zero-order valence-electron chi connectivity index (χ0n) is 13.4. The van der Waals surface area contributed by atoms with Crippen LogP contribution >= 0.6 is 11.8 Å². The van der Waals surface area contributed by atoms with Crippen LogP contribution in [0.4, 0.5) is 18.9 Å². The monoisotopic (exact) mass is 373 g/mol. The van der Waals surface area contributed by atoms with Gasteiger partial charge in [-0.1, -0.05) is 42.1 Å². The predicted molar refractivity (Wildman–Crippen MR) is 101 cm³/mol. The number of hydrogen-bond donors (Lipinski definition) is 2. The zero-order valence-corrected chi connectivity index (χ0v) is 14.2. The number of alkyl halides is 3. The Hall–Kier alpha value is -2.67. The molecule has 0 saturated heterocycles. The Balaban J connectivity index is 1.53. The lowest BCUT2D eigenvalue weighted by Gasteiger charge is -2.16. The minimum Gasteiger partial charge on any atom is -0.361 e. The number of rotatable bonds is 3. The second-order valence-electron chi connectivity index (χ2n) is 5.77. The maximum Gasteiger partial charge on any atom is 0.418 e. The van der Waals surface area contributed by atoms with E-state index in [0.717, 1.165) is 27.4 Å². The highest BCUT2D eigenvalue weighted by Crippen LogP contribution is 2.37. The van der Waals surface area contributed by atoms with Crippen LogP contribution in [-0.4, -0.2) is 16.7 Å². The van der Waals surface area contributed by atoms with Crippen molar-refractivity contribution in [1.82, 2.24) is 4.98 Å². The Kier molecular flexibility index (Phi) is 4.24. The van der Waals surface area contributed by atoms with E-state index in [9.17, 15) is 13.2 Å². The summed E-state index contributed by atoms with van der Waals surface area (Å²) in [6, 6.07) is 13.4. The molecule has 0 amide bonds. The summed E-state index contributed by atoms with van der Waals surface area (Å²) in [4.78, 5) is 8.36. The van der Waals surface area contributed by atoms with E-state index in [1.807, 2.05) is 36.5 Å². The molecule has 2 heterocycles. The first kappa shape index (κ1) is 16.8. The number of nitrogens with zero attached hydrogens (tertiary/aromatic N) is 1. The van der Waals surface area contributed by atoms with E-state index in [1.165, 1.54) is 23.9 Å². The average Bonchev–Trinajstić information content (AvgIpc) is 3.22. The van der Waals surface area contributed by atoms with Gasteiger partial charge in [0.2, 0.25) is 0 Å². The molecule has 3 nitrogen and oxygen atoms in total. The first-order chi connectivity index (χ1) is 12.5. The van der Waals surface area contributed by atoms with Crippen LogP contribution in [0.5, 0.6) is 0 Å². The Morgan fingerprint density at radius 1 is 1.08 bits per heavy atom. The van der Waals surface area contributed by atoms with Gasteiger partial charge < -0.3 is 10.3 Å². The fourth-order valence-corrected chi connectivity index (χ4v) is 3.71. The molecule has 1 aliphatic rings. The fourth-order valence-electron chi connectivity index (χ4n) is 2.82. The van der Waals surface area contributed by atoms with E-state index in [0.29, 0.717) is 0 Å². The summed E-state index contributed by atoms with van der Waals surface area (Å²) in [5, 5.41) is 3.95. The second kappa shape index (κ2) is 6.57. The standard InChI is InChI=1S/C19H14F3N3S/c20-19(21,22)15-6-2-4-8-17(15)25-18-24-11-13(26-18)9-12-10-23-16-7-3-1-5-14(12)16/h1-11,18,23,25H/b13-9-. The van der Waals surface area contributed by atoms with Crippen LogP contribution < -0.4 is 5.32 Å². The number of hydrogen-bond acceptors (Lipinski definition) is 3. The van der Waals surface area contributed by atoms with Gasteiger partial charge in [0.25, 0.3) is 0 Å². The molecule has 0 fully saturated rings. The predicted octanol–water partition coefficient (Wildman–Crippen LogP) is 5.74. The summed E-state index contributed by atoms with van der Waals surface area (Å²) >= 11 is 1.38. The smallest absolute Gasteiger partial charge is 0.361 e. The Labute approximate surface area is 152 Å². The van der Waals surface area contributed by atoms with Crippen molar-refractivity contribution in [2.24, 2.45) is 4.99 Å². The molecule has 1 unspecified atom stereocenters. The van der Waals surface area contributed by atoms with Crippen molar-refractivity contribution < 1.29 is 13.2 Å². The average molecular weight is 373 g/mol. The number of thioether (sulfide) groups is 1. The van der Waals surface area contributed by atoms with Crippen molar-refractivity contribution >= 4 is 40.6 Å². The summed E-state index contributed by atoms with van der Waals surface area (Å²) in [6.45, 7) is 0. The van der Waals surface area contributed by atoms with E-state index in [1.54, 1.807) is 12.3 Å². The van der Waals surface area contributed by atoms with Gasteiger partial charge in [-0.2, -0.15) is 13.2 Å². The van der Waals surface area contributed by atoms with E-state index < -0.39 is 17.2 Å². The highest BCUT2D eigenvalue weighted by Gasteiger charge is 2.33. The van der Waals surface area contributed by atoms with E-state index >= 15 is 0 Å². The molecule has 1 aromatic heterocycles. The Morgan fingerprint density at radius 2 is 1.85 bits per heavy atom. The highest BCUT2D eigenvalue weighted by atomic mass is 32.2. The summed E-state index contributed by atoms with van der Waals surface area (Å²) in [7, 11) is 0. The third-order valence-electron chi connectivity index (χ3n) is 4.02. The number of fused-ring (bicyclic) bond motifs is 1. The van der Waals surface area contributed by atoms with Crippen LogP contribution in [0.1, 0.15) is 11.1 Å². The van der Waals surface area contributed by atoms with Gasteiger partial charge in [0.05, 0.1) is 5.56 Å². The van der Waals surface area contributed by atoms with Crippen molar-refractivity contribution in [3.63, 3.8) is 0 Å². The van der Waals surface area contributed by atoms with Crippen molar-refractivity contribution in [1.29, 1.82) is 0 Å². The van der Waals surface area contributed by atoms with Gasteiger partial charge in [-0.3, -0.25) is 4.99 Å². The van der Waals surface area contributed by atoms with Crippen molar-refractivity contribution in [3.8, 4) is 0 Å². The van der Waals surface area contributed by atoms with Gasteiger partial charge in [0, 0.05) is 39.5 Å². The number of anilines is 1. The maximum absolute atomic E-state index is 13.1. The van der Waals surface area contributed by atoms with E-state index in [2.05, 4.69) is 15.3 Å². The molecule has 132 valence electrons. The first-order valence-corrected chi connectivity index (χ1v) is 8.79. The molecule has 3 aromatic rings. The normalized spacial score (nSPS) is 18.7. The van der Waals surface area contributed by atoms with E-state index in [4.69, 9.17) is 0 Å². The molecule has 26 heavy (non-hydrogen) atoms. The number of nitrogens with one attached hydrogen (secondary N) is 2. The van der Waals surface area contributed by atoms with Crippen LogP contribution in [0.2, 0.25) is 0 Å². The number of aliphatic imine (C=N–C) groups is 1. The van der Waals surface area contributed by atoms with Crippen LogP contribution in [0.15, 0.2) is 64.6 Å². The van der Waals surface area contributed by atoms with Crippen LogP contribution in [0.3, 0.4) is 0 Å². The zero-order chi connectivity index (χ0) is 18.1.